The lowest BCUT2D eigenvalue weighted by atomic mass is 9.99. The highest BCUT2D eigenvalue weighted by atomic mass is 33.4. The number of carbonyl (C=O) groups is 10. The van der Waals surface area contributed by atoms with Crippen LogP contribution in [0.1, 0.15) is 370 Å². The molecule has 4 atom stereocenters. The number of amides is 3. The summed E-state index contributed by atoms with van der Waals surface area (Å²) in [7, 11) is 9.12. The Morgan fingerprint density at radius 1 is 0.319 bits per heavy atom. The van der Waals surface area contributed by atoms with Crippen molar-refractivity contribution in [3.05, 3.63) is 12.2 Å². The summed E-state index contributed by atoms with van der Waals surface area (Å²) in [6, 6.07) is 0.892. The predicted molar refractivity (Wildman–Crippen MR) is 509 cm³/mol. The zero-order chi connectivity index (χ0) is 86.0. The highest BCUT2D eigenvalue weighted by Gasteiger charge is 2.48. The Bertz CT molecular complexity index is 2920. The molecule has 0 aliphatic carbocycles. The van der Waals surface area contributed by atoms with Crippen molar-refractivity contribution < 1.29 is 47.9 Å². The number of hydrogen-bond donors (Lipinski definition) is 5. The highest BCUT2D eigenvalue weighted by Crippen LogP contribution is 2.60. The van der Waals surface area contributed by atoms with Gasteiger partial charge in [0, 0.05) is 218 Å². The molecule has 15 nitrogen and oxygen atoms in total. The third-order valence-corrected chi connectivity index (χ3v) is 35.9. The standard InChI is InChI=1S/C68H126N4O8S3.C19H35NO2.S8/c1-49(2)29-27-43-71-65(79)46-60(35-36-61(75)51(5)6)82-67(47-64(78)54(11)12,39-37-58(74)32-24-20-18-22-26-42-70-56(15)16)83-68(40-38-62(76)52(7)8,48-66(80)72-44-28-30-50(3)4)81-59(45-63(77)53(9)10)34-33-57(73)31-23-19-17-21-25-41-69-55(13)14;1-16(2)12-8-6-5-7-11-15-20-19(22)14-10-9-13-18(21)17(3)4;1-3-5-7-8-6-4-2/h49-56,59-60,69-70H,17-48H2,1-16H3,(H,71,79)(H,72,80);9-10,16-17H,5-8,11-15H2,1-4H3,(H,20,22);/b;10-9+;. The van der Waals surface area contributed by atoms with Crippen LogP contribution in [0.25, 0.3) is 0 Å². The fraction of sp³-hybridized carbons (Fsp3) is 0.862. The number of allylic oxidation sites excluding steroid dienone is 1. The van der Waals surface area contributed by atoms with Crippen LogP contribution in [0.2, 0.25) is 0 Å². The summed E-state index contributed by atoms with van der Waals surface area (Å²) in [5.74, 6) is 0.872. The molecule has 0 aliphatic rings. The van der Waals surface area contributed by atoms with Crippen LogP contribution in [-0.2, 0) is 124 Å². The SMILES string of the molecule is CC(C)CCCCCCCNC(=O)C/C=C/CC(=O)C(C)C.CC(C)CCCNC(=O)CC(CCC(=O)C(C)C)SC(CCC(=O)CCCCCCCNC(C)C)(CC(=O)C(C)C)SC(CCC(=O)C(C)C)(CC(=O)NCCCC(C)C)SC(CCC(=O)CCCCCCCNC(C)C)CC(=O)C(C)C.S=S=S=S=S=S=S=S. The number of ketones is 7. The molecule has 113 heavy (non-hydrogen) atoms. The van der Waals surface area contributed by atoms with Gasteiger partial charge in [-0.3, -0.25) is 47.9 Å². The molecule has 0 heterocycles. The maximum absolute atomic E-state index is 14.9. The molecule has 0 saturated heterocycles. The average molecular weight is 1790 g/mol. The monoisotopic (exact) mass is 1790 g/mol. The Hall–Kier alpha value is -1.43. The van der Waals surface area contributed by atoms with E-state index in [0.717, 1.165) is 122 Å². The van der Waals surface area contributed by atoms with E-state index in [4.69, 9.17) is 0 Å². The first kappa shape index (κ1) is 116. The number of carbonyl (C=O) groups excluding carboxylic acids is 10. The van der Waals surface area contributed by atoms with Crippen molar-refractivity contribution >= 4 is 169 Å². The van der Waals surface area contributed by atoms with E-state index in [1.54, 1.807) is 47.7 Å². The van der Waals surface area contributed by atoms with E-state index < -0.39 is 18.7 Å². The van der Waals surface area contributed by atoms with E-state index >= 15 is 0 Å². The van der Waals surface area contributed by atoms with Crippen molar-refractivity contribution in [1.29, 1.82) is 0 Å². The Labute approximate surface area is 729 Å². The van der Waals surface area contributed by atoms with E-state index in [1.807, 2.05) is 69.2 Å². The fourth-order valence-corrected chi connectivity index (χ4v) is 29.8. The van der Waals surface area contributed by atoms with Crippen LogP contribution in [0.3, 0.4) is 0 Å². The van der Waals surface area contributed by atoms with Gasteiger partial charge < -0.3 is 26.6 Å². The number of Topliss-reactive ketones (excluding diaryl/α,β-unsaturated/α-hetero) is 7. The summed E-state index contributed by atoms with van der Waals surface area (Å²) in [4.78, 5) is 137. The van der Waals surface area contributed by atoms with Gasteiger partial charge in [-0.25, -0.2) is 0 Å². The molecule has 5 N–H and O–H groups in total. The van der Waals surface area contributed by atoms with Gasteiger partial charge in [-0.15, -0.1) is 35.3 Å². The van der Waals surface area contributed by atoms with E-state index in [-0.39, 0.29) is 152 Å². The lowest BCUT2D eigenvalue weighted by molar-refractivity contribution is -0.123. The van der Waals surface area contributed by atoms with Gasteiger partial charge in [-0.1, -0.05) is 221 Å². The molecule has 0 aliphatic heterocycles. The minimum atomic E-state index is -1.14. The van der Waals surface area contributed by atoms with Gasteiger partial charge in [0.05, 0.1) is 14.6 Å². The second-order valence-electron chi connectivity index (χ2n) is 34.0. The Kier molecular flexibility index (Phi) is 76.2. The van der Waals surface area contributed by atoms with Gasteiger partial charge in [-0.05, 0) is 114 Å². The van der Waals surface area contributed by atoms with E-state index in [1.165, 1.54) is 85.2 Å². The Morgan fingerprint density at radius 2 is 0.690 bits per heavy atom. The van der Waals surface area contributed by atoms with Crippen LogP contribution in [0.4, 0.5) is 0 Å². The molecule has 660 valence electrons. The number of rotatable bonds is 69. The molecule has 0 aromatic carbocycles. The molecule has 0 bridgehead atoms. The number of hydrogen-bond acceptors (Lipinski definition) is 17. The molecule has 0 aromatic heterocycles. The minimum Gasteiger partial charge on any atom is -0.356 e. The summed E-state index contributed by atoms with van der Waals surface area (Å²) in [5, 5.41) is 15.4. The molecule has 4 unspecified atom stereocenters. The van der Waals surface area contributed by atoms with Gasteiger partial charge in [0.2, 0.25) is 17.7 Å². The molecule has 0 spiro atoms. The Balaban J connectivity index is -0.00000333. The summed E-state index contributed by atoms with van der Waals surface area (Å²) in [5.41, 5.74) is 0. The lowest BCUT2D eigenvalue weighted by Crippen LogP contribution is -2.41. The van der Waals surface area contributed by atoms with E-state index in [9.17, 15) is 47.9 Å². The lowest BCUT2D eigenvalue weighted by Gasteiger charge is -2.45. The fourth-order valence-electron chi connectivity index (χ4n) is 12.0. The molecule has 0 rings (SSSR count). The number of nitrogens with one attached hydrogen (secondary N) is 5. The van der Waals surface area contributed by atoms with Crippen molar-refractivity contribution in [3.8, 4) is 0 Å². The summed E-state index contributed by atoms with van der Waals surface area (Å²) in [6.07, 6.45) is 28.3. The van der Waals surface area contributed by atoms with E-state index in [2.05, 4.69) is 118 Å². The van der Waals surface area contributed by atoms with Crippen molar-refractivity contribution in [2.75, 3.05) is 32.7 Å². The third kappa shape index (κ3) is 73.1. The summed E-state index contributed by atoms with van der Waals surface area (Å²) in [6.45, 7) is 44.2. The van der Waals surface area contributed by atoms with Crippen molar-refractivity contribution in [3.63, 3.8) is 0 Å². The average Bonchev–Trinajstić information content (AvgIpc) is 0.784. The molecule has 26 heteroatoms. The second kappa shape index (κ2) is 74.4. The smallest absolute Gasteiger partial charge is 0.223 e. The second-order valence-corrected chi connectivity index (χ2v) is 50.3. The van der Waals surface area contributed by atoms with Gasteiger partial charge in [-0.2, -0.15) is 0 Å². The van der Waals surface area contributed by atoms with Gasteiger partial charge >= 0.3 is 0 Å². The van der Waals surface area contributed by atoms with Crippen LogP contribution in [0, 0.1) is 47.3 Å². The first-order valence-electron chi connectivity index (χ1n) is 43.2. The third-order valence-electron chi connectivity index (χ3n) is 19.2. The highest BCUT2D eigenvalue weighted by molar-refractivity contribution is 8.70. The van der Waals surface area contributed by atoms with Crippen LogP contribution < -0.4 is 26.6 Å². The molecular weight excluding hydrogens is 1630 g/mol. The van der Waals surface area contributed by atoms with Gasteiger partial charge in [0.25, 0.3) is 0 Å². The zero-order valence-corrected chi connectivity index (χ0v) is 83.1. The topological polar surface area (TPSA) is 231 Å². The molecule has 0 radical (unpaired) electrons. The normalized spacial score (nSPS) is 13.2. The molecule has 3 amide bonds. The summed E-state index contributed by atoms with van der Waals surface area (Å²) < 4.78 is -2.26. The van der Waals surface area contributed by atoms with Crippen LogP contribution in [-0.4, -0.2) is 122 Å². The first-order chi connectivity index (χ1) is 53.3. The number of unbranched alkanes of at least 4 members (excludes halogenated alkanes) is 12. The van der Waals surface area contributed by atoms with Crippen molar-refractivity contribution in [1.82, 2.24) is 26.6 Å². The molecule has 0 aromatic rings. The van der Waals surface area contributed by atoms with Crippen molar-refractivity contribution in [2.45, 2.75) is 400 Å². The maximum atomic E-state index is 14.9. The van der Waals surface area contributed by atoms with Crippen molar-refractivity contribution in [2.24, 2.45) is 47.3 Å². The largest absolute Gasteiger partial charge is 0.356 e. The predicted octanol–water partition coefficient (Wildman–Crippen LogP) is 20.5. The minimum absolute atomic E-state index is 0.0150. The van der Waals surface area contributed by atoms with Gasteiger partial charge in [0.1, 0.15) is 40.5 Å². The molecule has 0 saturated carbocycles. The molecular formula is C87H161N5O10S11. The Morgan fingerprint density at radius 3 is 1.16 bits per heavy atom. The summed E-state index contributed by atoms with van der Waals surface area (Å²) >= 11 is 13.7. The molecule has 0 fully saturated rings. The van der Waals surface area contributed by atoms with Crippen LogP contribution in [0.5, 0.6) is 0 Å². The first-order valence-corrected chi connectivity index (χ1v) is 55.2. The maximum Gasteiger partial charge on any atom is 0.223 e. The quantitative estimate of drug-likeness (QED) is 0.0216. The van der Waals surface area contributed by atoms with E-state index in [0.29, 0.717) is 75.5 Å². The van der Waals surface area contributed by atoms with Crippen LogP contribution >= 0.6 is 35.3 Å². The number of thioether (sulfide) groups is 3. The van der Waals surface area contributed by atoms with Crippen LogP contribution in [0.15, 0.2) is 12.2 Å². The zero-order valence-electron chi connectivity index (χ0n) is 74.1. The van der Waals surface area contributed by atoms with Gasteiger partial charge in [0.15, 0.2) is 0 Å².